The van der Waals surface area contributed by atoms with Crippen molar-refractivity contribution in [3.8, 4) is 0 Å². The molecular weight excluding hydrogens is 292 g/mol. The first-order valence-electron chi connectivity index (χ1n) is 11.2. The monoisotopic (exact) mass is 336 g/mol. The average molecular weight is 337 g/mol. The molecule has 0 aromatic carbocycles. The van der Waals surface area contributed by atoms with Crippen LogP contribution < -0.4 is 5.84 Å². The second kappa shape index (κ2) is 11.5. The summed E-state index contributed by atoms with van der Waals surface area (Å²) in [5.41, 5.74) is 0. The van der Waals surface area contributed by atoms with Gasteiger partial charge in [-0.2, -0.15) is 0 Å². The molecule has 2 nitrogen and oxygen atoms in total. The van der Waals surface area contributed by atoms with E-state index in [-0.39, 0.29) is 0 Å². The molecule has 2 atom stereocenters. The van der Waals surface area contributed by atoms with Gasteiger partial charge in [-0.1, -0.05) is 90.9 Å². The molecule has 2 heteroatoms. The predicted molar refractivity (Wildman–Crippen MR) is 106 cm³/mol. The van der Waals surface area contributed by atoms with E-state index in [1.807, 2.05) is 0 Å². The third-order valence-corrected chi connectivity index (χ3v) is 6.66. The zero-order valence-electron chi connectivity index (χ0n) is 16.6. The first-order valence-corrected chi connectivity index (χ1v) is 11.2. The summed E-state index contributed by atoms with van der Waals surface area (Å²) in [6.45, 7) is 4.94. The molecule has 0 aliphatic heterocycles. The van der Waals surface area contributed by atoms with E-state index in [1.165, 1.54) is 103 Å². The van der Waals surface area contributed by atoms with Gasteiger partial charge in [-0.15, -0.1) is 0 Å². The normalized spacial score (nSPS) is 33.2. The summed E-state index contributed by atoms with van der Waals surface area (Å²) < 4.78 is 0. The lowest BCUT2D eigenvalue weighted by Gasteiger charge is -2.38. The first-order chi connectivity index (χ1) is 11.7. The highest BCUT2D eigenvalue weighted by molar-refractivity contribution is 4.80. The fourth-order valence-corrected chi connectivity index (χ4v) is 5.05. The lowest BCUT2D eigenvalue weighted by Crippen LogP contribution is -2.49. The number of hydrogen-bond donors (Lipinski definition) is 1. The molecule has 142 valence electrons. The van der Waals surface area contributed by atoms with Gasteiger partial charge in [0.2, 0.25) is 0 Å². The smallest absolute Gasteiger partial charge is 0.0249 e. The van der Waals surface area contributed by atoms with E-state index in [0.717, 1.165) is 11.8 Å². The molecule has 0 radical (unpaired) electrons. The molecular formula is C22H44N2. The number of nitrogens with zero attached hydrogens (tertiary/aromatic N) is 1. The van der Waals surface area contributed by atoms with Crippen molar-refractivity contribution < 1.29 is 0 Å². The molecule has 0 bridgehead atoms. The Hall–Kier alpha value is -0.0800. The van der Waals surface area contributed by atoms with Crippen LogP contribution in [0.1, 0.15) is 117 Å². The number of nitrogens with two attached hydrogens (primary N) is 1. The molecule has 0 aromatic heterocycles. The maximum absolute atomic E-state index is 6.78. The van der Waals surface area contributed by atoms with Crippen LogP contribution in [-0.2, 0) is 0 Å². The first kappa shape index (κ1) is 20.2. The van der Waals surface area contributed by atoms with Crippen LogP contribution in [0.25, 0.3) is 0 Å². The quantitative estimate of drug-likeness (QED) is 0.464. The van der Waals surface area contributed by atoms with E-state index < -0.39 is 0 Å². The highest BCUT2D eigenvalue weighted by atomic mass is 15.4. The van der Waals surface area contributed by atoms with Crippen LogP contribution in [-0.4, -0.2) is 17.1 Å². The lowest BCUT2D eigenvalue weighted by atomic mass is 9.86. The Labute approximate surface area is 151 Å². The van der Waals surface area contributed by atoms with Crippen LogP contribution in [0.4, 0.5) is 0 Å². The van der Waals surface area contributed by atoms with Gasteiger partial charge in [-0.25, -0.2) is 5.01 Å². The van der Waals surface area contributed by atoms with Gasteiger partial charge in [0, 0.05) is 12.1 Å². The van der Waals surface area contributed by atoms with Crippen molar-refractivity contribution >= 4 is 0 Å². The van der Waals surface area contributed by atoms with E-state index in [2.05, 4.69) is 18.9 Å². The molecule has 2 unspecified atom stereocenters. The molecule has 0 spiro atoms. The van der Waals surface area contributed by atoms with Gasteiger partial charge in [0.1, 0.15) is 0 Å². The summed E-state index contributed by atoms with van der Waals surface area (Å²) in [6, 6.07) is 1.25. The van der Waals surface area contributed by atoms with Gasteiger partial charge >= 0.3 is 0 Å². The number of hydrazine groups is 1. The summed E-state index contributed by atoms with van der Waals surface area (Å²) in [5.74, 6) is 8.45. The Kier molecular flexibility index (Phi) is 9.71. The summed E-state index contributed by atoms with van der Waals surface area (Å²) in [5, 5.41) is 2.35. The fraction of sp³-hybridized carbons (Fsp3) is 1.00. The summed E-state index contributed by atoms with van der Waals surface area (Å²) >= 11 is 0. The molecule has 2 fully saturated rings. The molecule has 2 rings (SSSR count). The molecule has 2 N–H and O–H groups in total. The molecule has 24 heavy (non-hydrogen) atoms. The highest BCUT2D eigenvalue weighted by Crippen LogP contribution is 2.29. The maximum atomic E-state index is 6.78. The van der Waals surface area contributed by atoms with Gasteiger partial charge in [0.25, 0.3) is 0 Å². The van der Waals surface area contributed by atoms with Gasteiger partial charge in [-0.3, -0.25) is 5.84 Å². The number of hydrogen-bond acceptors (Lipinski definition) is 2. The van der Waals surface area contributed by atoms with E-state index in [0.29, 0.717) is 12.1 Å². The van der Waals surface area contributed by atoms with Gasteiger partial charge in [0.05, 0.1) is 0 Å². The average Bonchev–Trinajstić information content (AvgIpc) is 2.51. The van der Waals surface area contributed by atoms with Gasteiger partial charge < -0.3 is 0 Å². The van der Waals surface area contributed by atoms with E-state index in [9.17, 15) is 0 Å². The molecule has 2 aliphatic carbocycles. The highest BCUT2D eigenvalue weighted by Gasteiger charge is 2.27. The Bertz CT molecular complexity index is 293. The molecule has 0 heterocycles. The van der Waals surface area contributed by atoms with Crippen molar-refractivity contribution in [2.24, 2.45) is 17.7 Å². The van der Waals surface area contributed by atoms with E-state index in [4.69, 9.17) is 5.84 Å². The SMILES string of the molecule is CC1CCCCCCCC(C)CC(N(N)C2CCCCCCC2)C1. The Morgan fingerprint density at radius 1 is 0.542 bits per heavy atom. The van der Waals surface area contributed by atoms with Crippen LogP contribution in [0, 0.1) is 11.8 Å². The third kappa shape index (κ3) is 7.44. The predicted octanol–water partition coefficient (Wildman–Crippen LogP) is 6.44. The summed E-state index contributed by atoms with van der Waals surface area (Å²) in [4.78, 5) is 0. The van der Waals surface area contributed by atoms with Crippen molar-refractivity contribution in [3.63, 3.8) is 0 Å². The van der Waals surface area contributed by atoms with Crippen LogP contribution >= 0.6 is 0 Å². The van der Waals surface area contributed by atoms with Crippen molar-refractivity contribution in [1.29, 1.82) is 0 Å². The van der Waals surface area contributed by atoms with Crippen LogP contribution in [0.15, 0.2) is 0 Å². The molecule has 2 aliphatic rings. The van der Waals surface area contributed by atoms with Crippen LogP contribution in [0.5, 0.6) is 0 Å². The minimum Gasteiger partial charge on any atom is -0.268 e. The van der Waals surface area contributed by atoms with Gasteiger partial charge in [0.15, 0.2) is 0 Å². The van der Waals surface area contributed by atoms with E-state index in [1.54, 1.807) is 0 Å². The lowest BCUT2D eigenvalue weighted by molar-refractivity contribution is 0.0789. The maximum Gasteiger partial charge on any atom is 0.0249 e. The Morgan fingerprint density at radius 2 is 0.917 bits per heavy atom. The second-order valence-electron chi connectivity index (χ2n) is 9.13. The topological polar surface area (TPSA) is 29.3 Å². The van der Waals surface area contributed by atoms with Gasteiger partial charge in [-0.05, 0) is 37.5 Å². The minimum atomic E-state index is 0.610. The standard InChI is InChI=1S/C22H44N2/c1-19-13-9-5-3-6-10-14-20(2)18-22(17-19)24(23)21-15-11-7-4-8-12-16-21/h19-22H,3-18,23H2,1-2H3. The van der Waals surface area contributed by atoms with Crippen LogP contribution in [0.3, 0.4) is 0 Å². The summed E-state index contributed by atoms with van der Waals surface area (Å²) in [7, 11) is 0. The Balaban J connectivity index is 1.96. The molecule has 0 aromatic rings. The zero-order chi connectivity index (χ0) is 17.2. The Morgan fingerprint density at radius 3 is 1.38 bits per heavy atom. The fourth-order valence-electron chi connectivity index (χ4n) is 5.05. The summed E-state index contributed by atoms with van der Waals surface area (Å²) in [6.07, 6.45) is 22.3. The molecule has 0 amide bonds. The largest absolute Gasteiger partial charge is 0.268 e. The van der Waals surface area contributed by atoms with E-state index >= 15 is 0 Å². The zero-order valence-corrected chi connectivity index (χ0v) is 16.6. The third-order valence-electron chi connectivity index (χ3n) is 6.66. The molecule has 0 saturated heterocycles. The molecule has 2 saturated carbocycles. The van der Waals surface area contributed by atoms with Crippen LogP contribution in [0.2, 0.25) is 0 Å². The van der Waals surface area contributed by atoms with Crippen molar-refractivity contribution in [2.45, 2.75) is 129 Å². The van der Waals surface area contributed by atoms with Crippen molar-refractivity contribution in [1.82, 2.24) is 5.01 Å². The van der Waals surface area contributed by atoms with Crippen molar-refractivity contribution in [3.05, 3.63) is 0 Å². The second-order valence-corrected chi connectivity index (χ2v) is 9.13. The number of rotatable bonds is 2. The minimum absolute atomic E-state index is 0.610. The van der Waals surface area contributed by atoms with Crippen molar-refractivity contribution in [2.75, 3.05) is 0 Å².